The average Bonchev–Trinajstić information content (AvgIpc) is 2.54. The van der Waals surface area contributed by atoms with Gasteiger partial charge in [-0.1, -0.05) is 48.5 Å². The van der Waals surface area contributed by atoms with E-state index in [2.05, 4.69) is 22.4 Å². The van der Waals surface area contributed by atoms with Crippen molar-refractivity contribution in [2.24, 2.45) is 0 Å². The maximum Gasteiger partial charge on any atom is 0.433 e. The van der Waals surface area contributed by atoms with Crippen LogP contribution in [0.2, 0.25) is 0 Å². The Bertz CT molecular complexity index is 902. The van der Waals surface area contributed by atoms with Crippen molar-refractivity contribution < 1.29 is 13.2 Å². The summed E-state index contributed by atoms with van der Waals surface area (Å²) in [5.41, 5.74) is 1.71. The van der Waals surface area contributed by atoms with Crippen LogP contribution in [0.25, 0.3) is 10.8 Å². The molecule has 1 N–H and O–H groups in total. The lowest BCUT2D eigenvalue weighted by molar-refractivity contribution is -0.140. The van der Waals surface area contributed by atoms with Gasteiger partial charge in [-0.3, -0.25) is 0 Å². The SMILES string of the molecule is FC(F)(F)c1cc2ccccc2c(NCC2Cc3ccccc32)n1. The third-order valence-corrected chi connectivity index (χ3v) is 4.51. The number of nitrogens with zero attached hydrogens (tertiary/aromatic N) is 1. The maximum atomic E-state index is 13.1. The Labute approximate surface area is 137 Å². The summed E-state index contributed by atoms with van der Waals surface area (Å²) in [6, 6.07) is 16.3. The molecule has 2 aromatic carbocycles. The van der Waals surface area contributed by atoms with Crippen molar-refractivity contribution >= 4 is 16.6 Å². The lowest BCUT2D eigenvalue weighted by atomic mass is 9.77. The molecular weight excluding hydrogens is 313 g/mol. The van der Waals surface area contributed by atoms with E-state index in [-0.39, 0.29) is 0 Å². The van der Waals surface area contributed by atoms with E-state index in [0.29, 0.717) is 29.1 Å². The van der Waals surface area contributed by atoms with Gasteiger partial charge in [0.25, 0.3) is 0 Å². The van der Waals surface area contributed by atoms with Crippen molar-refractivity contribution in [1.29, 1.82) is 0 Å². The number of pyridine rings is 1. The Morgan fingerprint density at radius 2 is 1.79 bits per heavy atom. The number of anilines is 1. The van der Waals surface area contributed by atoms with Gasteiger partial charge in [0.15, 0.2) is 0 Å². The molecule has 1 aromatic heterocycles. The van der Waals surface area contributed by atoms with E-state index in [0.717, 1.165) is 12.5 Å². The summed E-state index contributed by atoms with van der Waals surface area (Å²) >= 11 is 0. The summed E-state index contributed by atoms with van der Waals surface area (Å²) in [5, 5.41) is 4.38. The van der Waals surface area contributed by atoms with Crippen molar-refractivity contribution in [3.05, 3.63) is 71.4 Å². The van der Waals surface area contributed by atoms with Gasteiger partial charge in [-0.25, -0.2) is 4.98 Å². The molecule has 2 nitrogen and oxygen atoms in total. The Balaban J connectivity index is 1.64. The molecule has 0 amide bonds. The summed E-state index contributed by atoms with van der Waals surface area (Å²) < 4.78 is 39.2. The summed E-state index contributed by atoms with van der Waals surface area (Å²) in [4.78, 5) is 3.82. The monoisotopic (exact) mass is 328 g/mol. The highest BCUT2D eigenvalue weighted by atomic mass is 19.4. The smallest absolute Gasteiger partial charge is 0.369 e. The fraction of sp³-hybridized carbons (Fsp3) is 0.211. The van der Waals surface area contributed by atoms with Gasteiger partial charge < -0.3 is 5.32 Å². The van der Waals surface area contributed by atoms with Crippen LogP contribution in [0.15, 0.2) is 54.6 Å². The number of hydrogen-bond donors (Lipinski definition) is 1. The largest absolute Gasteiger partial charge is 0.433 e. The Morgan fingerprint density at radius 1 is 1.04 bits per heavy atom. The number of nitrogens with one attached hydrogen (secondary N) is 1. The van der Waals surface area contributed by atoms with Crippen LogP contribution in [0.1, 0.15) is 22.7 Å². The molecule has 1 heterocycles. The normalized spacial score (nSPS) is 16.5. The van der Waals surface area contributed by atoms with Crippen LogP contribution in [0.4, 0.5) is 19.0 Å². The fourth-order valence-corrected chi connectivity index (χ4v) is 3.24. The molecule has 0 spiro atoms. The molecule has 0 saturated heterocycles. The molecule has 1 aliphatic rings. The summed E-state index contributed by atoms with van der Waals surface area (Å²) in [6.45, 7) is 0.579. The third-order valence-electron chi connectivity index (χ3n) is 4.51. The molecule has 5 heteroatoms. The van der Waals surface area contributed by atoms with Crippen molar-refractivity contribution in [1.82, 2.24) is 4.98 Å². The number of halogens is 3. The zero-order valence-corrected chi connectivity index (χ0v) is 12.8. The van der Waals surface area contributed by atoms with Crippen molar-refractivity contribution in [2.45, 2.75) is 18.5 Å². The van der Waals surface area contributed by atoms with Crippen molar-refractivity contribution in [2.75, 3.05) is 11.9 Å². The van der Waals surface area contributed by atoms with Gasteiger partial charge in [-0.2, -0.15) is 13.2 Å². The molecule has 0 aliphatic heterocycles. The van der Waals surface area contributed by atoms with E-state index in [1.165, 1.54) is 11.1 Å². The summed E-state index contributed by atoms with van der Waals surface area (Å²) in [7, 11) is 0. The lowest BCUT2D eigenvalue weighted by Gasteiger charge is -2.30. The van der Waals surface area contributed by atoms with Gasteiger partial charge in [-0.15, -0.1) is 0 Å². The van der Waals surface area contributed by atoms with E-state index < -0.39 is 11.9 Å². The number of benzene rings is 2. The minimum absolute atomic E-state index is 0.296. The second-order valence-corrected chi connectivity index (χ2v) is 6.06. The van der Waals surface area contributed by atoms with E-state index in [1.54, 1.807) is 24.3 Å². The minimum atomic E-state index is -4.45. The van der Waals surface area contributed by atoms with E-state index in [9.17, 15) is 13.2 Å². The van der Waals surface area contributed by atoms with Gasteiger partial charge in [-0.05, 0) is 29.0 Å². The van der Waals surface area contributed by atoms with Crippen molar-refractivity contribution in [3.8, 4) is 0 Å². The first-order valence-electron chi connectivity index (χ1n) is 7.81. The zero-order chi connectivity index (χ0) is 16.7. The van der Waals surface area contributed by atoms with Crippen LogP contribution in [-0.4, -0.2) is 11.5 Å². The molecule has 1 aliphatic carbocycles. The molecule has 0 fully saturated rings. The topological polar surface area (TPSA) is 24.9 Å². The van der Waals surface area contributed by atoms with E-state index >= 15 is 0 Å². The Morgan fingerprint density at radius 3 is 2.58 bits per heavy atom. The molecule has 0 saturated carbocycles. The zero-order valence-electron chi connectivity index (χ0n) is 12.8. The Hall–Kier alpha value is -2.56. The van der Waals surface area contributed by atoms with Gasteiger partial charge in [0.1, 0.15) is 11.5 Å². The van der Waals surface area contributed by atoms with Gasteiger partial charge >= 0.3 is 6.18 Å². The molecule has 4 rings (SSSR count). The minimum Gasteiger partial charge on any atom is -0.369 e. The first-order chi connectivity index (χ1) is 11.5. The van der Waals surface area contributed by atoms with Crippen LogP contribution in [0.5, 0.6) is 0 Å². The van der Waals surface area contributed by atoms with Crippen LogP contribution in [-0.2, 0) is 12.6 Å². The quantitative estimate of drug-likeness (QED) is 0.731. The molecule has 3 aromatic rings. The Kier molecular flexibility index (Phi) is 3.44. The maximum absolute atomic E-state index is 13.1. The number of hydrogen-bond acceptors (Lipinski definition) is 2. The predicted molar refractivity (Wildman–Crippen MR) is 88.1 cm³/mol. The fourth-order valence-electron chi connectivity index (χ4n) is 3.24. The molecule has 1 unspecified atom stereocenters. The average molecular weight is 328 g/mol. The molecule has 0 radical (unpaired) electrons. The summed E-state index contributed by atoms with van der Waals surface area (Å²) in [6.07, 6.45) is -3.51. The first kappa shape index (κ1) is 15.0. The highest BCUT2D eigenvalue weighted by molar-refractivity contribution is 5.92. The first-order valence-corrected chi connectivity index (χ1v) is 7.81. The third kappa shape index (κ3) is 2.60. The second kappa shape index (κ2) is 5.51. The second-order valence-electron chi connectivity index (χ2n) is 6.06. The van der Waals surface area contributed by atoms with Crippen LogP contribution >= 0.6 is 0 Å². The molecule has 122 valence electrons. The van der Waals surface area contributed by atoms with Gasteiger partial charge in [0, 0.05) is 17.8 Å². The molecule has 0 bridgehead atoms. The van der Waals surface area contributed by atoms with Crippen LogP contribution < -0.4 is 5.32 Å². The molecular formula is C19H15F3N2. The predicted octanol–water partition coefficient (Wildman–Crippen LogP) is 5.01. The molecule has 1 atom stereocenters. The number of aromatic nitrogens is 1. The van der Waals surface area contributed by atoms with Crippen molar-refractivity contribution in [3.63, 3.8) is 0 Å². The number of alkyl halides is 3. The van der Waals surface area contributed by atoms with Gasteiger partial charge in [0.05, 0.1) is 0 Å². The highest BCUT2D eigenvalue weighted by Gasteiger charge is 2.33. The standard InChI is InChI=1S/C19H15F3N2/c20-19(21,22)17-10-13-6-2-4-8-16(13)18(24-17)23-11-14-9-12-5-1-3-7-15(12)14/h1-8,10,14H,9,11H2,(H,23,24). The van der Waals surface area contributed by atoms with Crippen LogP contribution in [0, 0.1) is 0 Å². The van der Waals surface area contributed by atoms with E-state index in [4.69, 9.17) is 0 Å². The number of rotatable bonds is 3. The van der Waals surface area contributed by atoms with Crippen LogP contribution in [0.3, 0.4) is 0 Å². The molecule has 24 heavy (non-hydrogen) atoms. The summed E-state index contributed by atoms with van der Waals surface area (Å²) in [5.74, 6) is 0.612. The lowest BCUT2D eigenvalue weighted by Crippen LogP contribution is -2.24. The van der Waals surface area contributed by atoms with Gasteiger partial charge in [0.2, 0.25) is 0 Å². The van der Waals surface area contributed by atoms with E-state index in [1.807, 2.05) is 12.1 Å². The number of fused-ring (bicyclic) bond motifs is 2. The highest BCUT2D eigenvalue weighted by Crippen LogP contribution is 2.36.